The zero-order valence-electron chi connectivity index (χ0n) is 17.7. The van der Waals surface area contributed by atoms with Gasteiger partial charge in [0.2, 0.25) is 0 Å². The molecule has 0 saturated heterocycles. The SMILES string of the molecule is CCc1cccc(Nc2nc3ccccc3nc2NS(=O)(=O)c2ccc(C)c(C)c2)c1. The Morgan fingerprint density at radius 3 is 2.19 bits per heavy atom. The summed E-state index contributed by atoms with van der Waals surface area (Å²) in [6, 6.07) is 20.3. The average molecular weight is 433 g/mol. The second-order valence-electron chi connectivity index (χ2n) is 7.44. The molecule has 0 spiro atoms. The Morgan fingerprint density at radius 2 is 1.52 bits per heavy atom. The van der Waals surface area contributed by atoms with Gasteiger partial charge in [0.25, 0.3) is 10.0 Å². The average Bonchev–Trinajstić information content (AvgIpc) is 2.76. The van der Waals surface area contributed by atoms with Gasteiger partial charge in [-0.2, -0.15) is 0 Å². The molecule has 0 amide bonds. The number of hydrogen-bond donors (Lipinski definition) is 2. The number of fused-ring (bicyclic) bond motifs is 1. The quantitative estimate of drug-likeness (QED) is 0.429. The molecular formula is C24H24N4O2S. The molecule has 0 atom stereocenters. The number of nitrogens with one attached hydrogen (secondary N) is 2. The van der Waals surface area contributed by atoms with Crippen molar-refractivity contribution in [1.82, 2.24) is 9.97 Å². The van der Waals surface area contributed by atoms with Gasteiger partial charge in [0.05, 0.1) is 15.9 Å². The maximum atomic E-state index is 13.1. The lowest BCUT2D eigenvalue weighted by molar-refractivity contribution is 0.601. The van der Waals surface area contributed by atoms with Crippen LogP contribution >= 0.6 is 0 Å². The Bertz CT molecular complexity index is 1370. The van der Waals surface area contributed by atoms with Gasteiger partial charge in [0.1, 0.15) is 0 Å². The van der Waals surface area contributed by atoms with E-state index in [1.165, 1.54) is 0 Å². The van der Waals surface area contributed by atoms with Crippen molar-refractivity contribution in [2.45, 2.75) is 32.1 Å². The molecule has 7 heteroatoms. The van der Waals surface area contributed by atoms with E-state index in [2.05, 4.69) is 26.9 Å². The predicted octanol–water partition coefficient (Wildman–Crippen LogP) is 5.35. The molecule has 3 aromatic carbocycles. The highest BCUT2D eigenvalue weighted by atomic mass is 32.2. The highest BCUT2D eigenvalue weighted by Crippen LogP contribution is 2.28. The molecule has 1 heterocycles. The lowest BCUT2D eigenvalue weighted by atomic mass is 10.1. The van der Waals surface area contributed by atoms with Gasteiger partial charge in [-0.25, -0.2) is 18.4 Å². The van der Waals surface area contributed by atoms with Crippen LogP contribution in [0.15, 0.2) is 71.6 Å². The molecule has 31 heavy (non-hydrogen) atoms. The minimum atomic E-state index is -3.84. The molecule has 0 unspecified atom stereocenters. The third kappa shape index (κ3) is 4.51. The van der Waals surface area contributed by atoms with E-state index < -0.39 is 10.0 Å². The van der Waals surface area contributed by atoms with Gasteiger partial charge in [-0.1, -0.05) is 37.3 Å². The number of aromatic nitrogens is 2. The Labute approximate surface area is 182 Å². The molecule has 0 fully saturated rings. The molecule has 1 aromatic heterocycles. The van der Waals surface area contributed by atoms with Gasteiger partial charge in [0.15, 0.2) is 11.6 Å². The van der Waals surface area contributed by atoms with Crippen molar-refractivity contribution in [3.8, 4) is 0 Å². The van der Waals surface area contributed by atoms with Crippen molar-refractivity contribution in [3.05, 3.63) is 83.4 Å². The summed E-state index contributed by atoms with van der Waals surface area (Å²) >= 11 is 0. The summed E-state index contributed by atoms with van der Waals surface area (Å²) < 4.78 is 28.8. The fraction of sp³-hybridized carbons (Fsp3) is 0.167. The minimum absolute atomic E-state index is 0.152. The van der Waals surface area contributed by atoms with Crippen LogP contribution in [-0.4, -0.2) is 18.4 Å². The molecule has 2 N–H and O–H groups in total. The van der Waals surface area contributed by atoms with Gasteiger partial charge in [-0.3, -0.25) is 4.72 Å². The van der Waals surface area contributed by atoms with Crippen molar-refractivity contribution in [2.75, 3.05) is 10.0 Å². The van der Waals surface area contributed by atoms with Crippen LogP contribution in [-0.2, 0) is 16.4 Å². The maximum absolute atomic E-state index is 13.1. The zero-order chi connectivity index (χ0) is 22.0. The number of anilines is 3. The van der Waals surface area contributed by atoms with Crippen LogP contribution < -0.4 is 10.0 Å². The molecule has 0 radical (unpaired) electrons. The summed E-state index contributed by atoms with van der Waals surface area (Å²) in [6.07, 6.45) is 0.894. The van der Waals surface area contributed by atoms with Gasteiger partial charge in [0, 0.05) is 5.69 Å². The molecule has 4 rings (SSSR count). The number of aryl methyl sites for hydroxylation is 3. The monoisotopic (exact) mass is 432 g/mol. The predicted molar refractivity (Wildman–Crippen MR) is 125 cm³/mol. The molecule has 158 valence electrons. The van der Waals surface area contributed by atoms with Gasteiger partial charge < -0.3 is 5.32 Å². The largest absolute Gasteiger partial charge is 0.337 e. The zero-order valence-corrected chi connectivity index (χ0v) is 18.5. The van der Waals surface area contributed by atoms with E-state index in [1.54, 1.807) is 24.3 Å². The van der Waals surface area contributed by atoms with Crippen molar-refractivity contribution >= 4 is 38.4 Å². The molecule has 0 bridgehead atoms. The van der Waals surface area contributed by atoms with Gasteiger partial charge in [-0.15, -0.1) is 0 Å². The fourth-order valence-corrected chi connectivity index (χ4v) is 4.33. The Balaban J connectivity index is 1.77. The maximum Gasteiger partial charge on any atom is 0.263 e. The van der Waals surface area contributed by atoms with E-state index in [9.17, 15) is 8.42 Å². The highest BCUT2D eigenvalue weighted by molar-refractivity contribution is 7.92. The van der Waals surface area contributed by atoms with E-state index in [4.69, 9.17) is 0 Å². The normalized spacial score (nSPS) is 11.5. The summed E-state index contributed by atoms with van der Waals surface area (Å²) in [6.45, 7) is 5.91. The third-order valence-electron chi connectivity index (χ3n) is 5.19. The highest BCUT2D eigenvalue weighted by Gasteiger charge is 2.19. The van der Waals surface area contributed by atoms with E-state index in [0.29, 0.717) is 16.9 Å². The van der Waals surface area contributed by atoms with E-state index in [1.807, 2.05) is 56.3 Å². The van der Waals surface area contributed by atoms with Crippen LogP contribution in [0, 0.1) is 13.8 Å². The van der Waals surface area contributed by atoms with Crippen LogP contribution in [0.1, 0.15) is 23.6 Å². The molecule has 0 aliphatic carbocycles. The fourth-order valence-electron chi connectivity index (χ4n) is 3.23. The third-order valence-corrected chi connectivity index (χ3v) is 6.52. The summed E-state index contributed by atoms with van der Waals surface area (Å²) in [5, 5.41) is 3.23. The van der Waals surface area contributed by atoms with E-state index in [0.717, 1.165) is 28.8 Å². The first kappa shape index (κ1) is 20.8. The van der Waals surface area contributed by atoms with Crippen LogP contribution in [0.25, 0.3) is 11.0 Å². The number of rotatable bonds is 6. The van der Waals surface area contributed by atoms with Crippen LogP contribution in [0.2, 0.25) is 0 Å². The number of para-hydroxylation sites is 2. The topological polar surface area (TPSA) is 84.0 Å². The van der Waals surface area contributed by atoms with Crippen LogP contribution in [0.4, 0.5) is 17.3 Å². The lowest BCUT2D eigenvalue weighted by Crippen LogP contribution is -2.16. The Hall–Kier alpha value is -3.45. The Kier molecular flexibility index (Phi) is 5.61. The number of benzene rings is 3. The summed E-state index contributed by atoms with van der Waals surface area (Å²) in [7, 11) is -3.84. The van der Waals surface area contributed by atoms with Gasteiger partial charge in [-0.05, 0) is 73.4 Å². The molecule has 0 saturated carbocycles. The number of hydrogen-bond acceptors (Lipinski definition) is 5. The number of sulfonamides is 1. The van der Waals surface area contributed by atoms with Crippen molar-refractivity contribution in [2.24, 2.45) is 0 Å². The van der Waals surface area contributed by atoms with E-state index >= 15 is 0 Å². The summed E-state index contributed by atoms with van der Waals surface area (Å²) in [4.78, 5) is 9.37. The van der Waals surface area contributed by atoms with Crippen molar-refractivity contribution < 1.29 is 8.42 Å². The second kappa shape index (κ2) is 8.35. The van der Waals surface area contributed by atoms with Crippen LogP contribution in [0.5, 0.6) is 0 Å². The first-order valence-corrected chi connectivity index (χ1v) is 11.6. The standard InChI is InChI=1S/C24H24N4O2S/c1-4-18-8-7-9-19(15-18)25-23-24(27-22-11-6-5-10-21(22)26-23)28-31(29,30)20-13-12-16(2)17(3)14-20/h5-15H,4H2,1-3H3,(H,25,26)(H,27,28). The smallest absolute Gasteiger partial charge is 0.263 e. The molecule has 0 aliphatic rings. The number of nitrogens with zero attached hydrogens (tertiary/aromatic N) is 2. The Morgan fingerprint density at radius 1 is 0.806 bits per heavy atom. The van der Waals surface area contributed by atoms with Crippen molar-refractivity contribution in [1.29, 1.82) is 0 Å². The molecule has 0 aliphatic heterocycles. The molecular weight excluding hydrogens is 408 g/mol. The molecule has 4 aromatic rings. The summed E-state index contributed by atoms with van der Waals surface area (Å²) in [5.41, 5.74) is 5.19. The summed E-state index contributed by atoms with van der Waals surface area (Å²) in [5.74, 6) is 0.498. The van der Waals surface area contributed by atoms with Crippen molar-refractivity contribution in [3.63, 3.8) is 0 Å². The van der Waals surface area contributed by atoms with E-state index in [-0.39, 0.29) is 10.7 Å². The van der Waals surface area contributed by atoms with Crippen LogP contribution in [0.3, 0.4) is 0 Å². The van der Waals surface area contributed by atoms with Gasteiger partial charge >= 0.3 is 0 Å². The second-order valence-corrected chi connectivity index (χ2v) is 9.12. The minimum Gasteiger partial charge on any atom is -0.337 e. The molecule has 6 nitrogen and oxygen atoms in total. The first-order chi connectivity index (χ1) is 14.9. The lowest BCUT2D eigenvalue weighted by Gasteiger charge is -2.15. The first-order valence-electron chi connectivity index (χ1n) is 10.1.